The van der Waals surface area contributed by atoms with Crippen LogP contribution in [0.5, 0.6) is 5.75 Å². The van der Waals surface area contributed by atoms with E-state index in [9.17, 15) is 9.59 Å². The summed E-state index contributed by atoms with van der Waals surface area (Å²) in [5, 5.41) is 3.02. The van der Waals surface area contributed by atoms with Crippen molar-refractivity contribution in [2.24, 2.45) is 5.73 Å². The van der Waals surface area contributed by atoms with Gasteiger partial charge in [-0.1, -0.05) is 41.9 Å². The highest BCUT2D eigenvalue weighted by Gasteiger charge is 2.13. The molecule has 0 fully saturated rings. The minimum Gasteiger partial charge on any atom is -0.488 e. The molecule has 2 aromatic rings. The van der Waals surface area contributed by atoms with Crippen molar-refractivity contribution in [3.05, 3.63) is 64.7 Å². The van der Waals surface area contributed by atoms with Gasteiger partial charge in [-0.2, -0.15) is 0 Å². The monoisotopic (exact) mass is 318 g/mol. The molecule has 2 rings (SSSR count). The topological polar surface area (TPSA) is 81.4 Å². The van der Waals surface area contributed by atoms with Gasteiger partial charge in [0.2, 0.25) is 5.91 Å². The van der Waals surface area contributed by atoms with Gasteiger partial charge < -0.3 is 15.8 Å². The highest BCUT2D eigenvalue weighted by atomic mass is 35.5. The number of hydrogen-bond donors (Lipinski definition) is 2. The van der Waals surface area contributed by atoms with E-state index in [1.54, 1.807) is 30.3 Å². The van der Waals surface area contributed by atoms with Crippen LogP contribution in [0.3, 0.4) is 0 Å². The van der Waals surface area contributed by atoms with Gasteiger partial charge >= 0.3 is 0 Å². The van der Waals surface area contributed by atoms with Crippen molar-refractivity contribution in [3.8, 4) is 5.75 Å². The minimum absolute atomic E-state index is 0.225. The summed E-state index contributed by atoms with van der Waals surface area (Å²) in [7, 11) is 0. The largest absolute Gasteiger partial charge is 0.488 e. The lowest BCUT2D eigenvalue weighted by molar-refractivity contribution is -0.117. The number of carbonyl (C=O) groups is 2. The maximum absolute atomic E-state index is 12.0. The van der Waals surface area contributed by atoms with E-state index < -0.39 is 11.8 Å². The second-order valence-corrected chi connectivity index (χ2v) is 4.93. The van der Waals surface area contributed by atoms with E-state index >= 15 is 0 Å². The van der Waals surface area contributed by atoms with Gasteiger partial charge in [0.15, 0.2) is 0 Å². The molecule has 0 aromatic heterocycles. The fraction of sp³-hybridized carbons (Fsp3) is 0.125. The standard InChI is InChI=1S/C16H15ClN2O3/c17-13-7-3-1-5-11(13)10-22-14-8-4-2-6-12(14)16(21)19-9-15(18)20/h1-8H,9-10H2,(H2,18,20)(H,19,21). The van der Waals surface area contributed by atoms with Crippen LogP contribution in [0.15, 0.2) is 48.5 Å². The fourth-order valence-corrected chi connectivity index (χ4v) is 2.00. The number of nitrogens with one attached hydrogen (secondary N) is 1. The number of nitrogens with two attached hydrogens (primary N) is 1. The van der Waals surface area contributed by atoms with Gasteiger partial charge in [0.25, 0.3) is 5.91 Å². The van der Waals surface area contributed by atoms with Crippen LogP contribution >= 0.6 is 11.6 Å². The Labute approximate surface area is 133 Å². The smallest absolute Gasteiger partial charge is 0.255 e. The molecule has 2 amide bonds. The number of rotatable bonds is 6. The Balaban J connectivity index is 2.10. The quantitative estimate of drug-likeness (QED) is 0.856. The van der Waals surface area contributed by atoms with E-state index in [1.807, 2.05) is 18.2 Å². The van der Waals surface area contributed by atoms with Crippen LogP contribution in [0.2, 0.25) is 5.02 Å². The number of hydrogen-bond acceptors (Lipinski definition) is 3. The minimum atomic E-state index is -0.609. The van der Waals surface area contributed by atoms with Crippen LogP contribution in [0, 0.1) is 0 Å². The Morgan fingerprint density at radius 3 is 2.50 bits per heavy atom. The molecule has 0 atom stereocenters. The lowest BCUT2D eigenvalue weighted by atomic mass is 10.2. The lowest BCUT2D eigenvalue weighted by Crippen LogP contribution is -2.33. The average Bonchev–Trinajstić information content (AvgIpc) is 2.52. The molecular weight excluding hydrogens is 304 g/mol. The van der Waals surface area contributed by atoms with Crippen molar-refractivity contribution in [3.63, 3.8) is 0 Å². The summed E-state index contributed by atoms with van der Waals surface area (Å²) in [4.78, 5) is 22.8. The summed E-state index contributed by atoms with van der Waals surface area (Å²) in [6, 6.07) is 14.1. The first-order valence-electron chi connectivity index (χ1n) is 6.59. The molecule has 114 valence electrons. The van der Waals surface area contributed by atoms with E-state index in [-0.39, 0.29) is 13.2 Å². The Morgan fingerprint density at radius 2 is 1.77 bits per heavy atom. The van der Waals surface area contributed by atoms with Gasteiger partial charge in [-0.05, 0) is 18.2 Å². The second-order valence-electron chi connectivity index (χ2n) is 4.53. The van der Waals surface area contributed by atoms with Gasteiger partial charge in [-0.15, -0.1) is 0 Å². The molecule has 0 heterocycles. The first-order valence-corrected chi connectivity index (χ1v) is 6.97. The molecule has 3 N–H and O–H groups in total. The van der Waals surface area contributed by atoms with Crippen molar-refractivity contribution in [1.29, 1.82) is 0 Å². The third kappa shape index (κ3) is 4.23. The van der Waals surface area contributed by atoms with Crippen LogP contribution in [-0.2, 0) is 11.4 Å². The van der Waals surface area contributed by atoms with Crippen molar-refractivity contribution in [1.82, 2.24) is 5.32 Å². The first kappa shape index (κ1) is 15.9. The van der Waals surface area contributed by atoms with E-state index in [0.29, 0.717) is 16.3 Å². The molecule has 0 spiro atoms. The fourth-order valence-electron chi connectivity index (χ4n) is 1.81. The number of carbonyl (C=O) groups excluding carboxylic acids is 2. The molecule has 22 heavy (non-hydrogen) atoms. The Morgan fingerprint density at radius 1 is 1.09 bits per heavy atom. The Hall–Kier alpha value is -2.53. The number of halogens is 1. The molecule has 0 aliphatic heterocycles. The highest BCUT2D eigenvalue weighted by molar-refractivity contribution is 6.31. The van der Waals surface area contributed by atoms with Crippen LogP contribution in [0.25, 0.3) is 0 Å². The van der Waals surface area contributed by atoms with Crippen molar-refractivity contribution < 1.29 is 14.3 Å². The molecule has 0 saturated heterocycles. The van der Waals surface area contributed by atoms with Crippen molar-refractivity contribution in [2.75, 3.05) is 6.54 Å². The summed E-state index contributed by atoms with van der Waals surface area (Å²) < 4.78 is 5.67. The van der Waals surface area contributed by atoms with E-state index in [0.717, 1.165) is 5.56 Å². The number of benzene rings is 2. The van der Waals surface area contributed by atoms with Gasteiger partial charge in [-0.3, -0.25) is 9.59 Å². The van der Waals surface area contributed by atoms with Gasteiger partial charge in [0.1, 0.15) is 12.4 Å². The van der Waals surface area contributed by atoms with Crippen molar-refractivity contribution >= 4 is 23.4 Å². The van der Waals surface area contributed by atoms with Gasteiger partial charge in [0.05, 0.1) is 12.1 Å². The zero-order valence-electron chi connectivity index (χ0n) is 11.7. The van der Waals surface area contributed by atoms with Gasteiger partial charge in [0, 0.05) is 10.6 Å². The van der Waals surface area contributed by atoms with E-state index in [4.69, 9.17) is 22.1 Å². The molecule has 2 aromatic carbocycles. The predicted molar refractivity (Wildman–Crippen MR) is 83.8 cm³/mol. The molecule has 0 saturated carbocycles. The van der Waals surface area contributed by atoms with Crippen LogP contribution in [0.4, 0.5) is 0 Å². The maximum Gasteiger partial charge on any atom is 0.255 e. The normalized spacial score (nSPS) is 10.0. The van der Waals surface area contributed by atoms with E-state index in [1.165, 1.54) is 0 Å². The summed E-state index contributed by atoms with van der Waals surface area (Å²) in [6.45, 7) is 0.0114. The molecule has 6 heteroatoms. The summed E-state index contributed by atoms with van der Waals surface area (Å²) in [5.41, 5.74) is 6.15. The molecule has 0 unspecified atom stereocenters. The number of amides is 2. The molecule has 0 aliphatic rings. The zero-order valence-corrected chi connectivity index (χ0v) is 12.5. The third-order valence-electron chi connectivity index (χ3n) is 2.90. The summed E-state index contributed by atoms with van der Waals surface area (Å²) in [5.74, 6) is -0.624. The summed E-state index contributed by atoms with van der Waals surface area (Å²) in [6.07, 6.45) is 0. The van der Waals surface area contributed by atoms with E-state index in [2.05, 4.69) is 5.32 Å². The SMILES string of the molecule is NC(=O)CNC(=O)c1ccccc1OCc1ccccc1Cl. The predicted octanol–water partition coefficient (Wildman–Crippen LogP) is 2.13. The first-order chi connectivity index (χ1) is 10.6. The van der Waals surface area contributed by atoms with Crippen LogP contribution in [0.1, 0.15) is 15.9 Å². The van der Waals surface area contributed by atoms with Crippen LogP contribution in [-0.4, -0.2) is 18.4 Å². The summed E-state index contributed by atoms with van der Waals surface area (Å²) >= 11 is 6.07. The molecule has 0 bridgehead atoms. The second kappa shape index (κ2) is 7.47. The third-order valence-corrected chi connectivity index (χ3v) is 3.26. The van der Waals surface area contributed by atoms with Gasteiger partial charge in [-0.25, -0.2) is 0 Å². The number of primary amides is 1. The maximum atomic E-state index is 12.0. The Bertz CT molecular complexity index is 689. The number of para-hydroxylation sites is 1. The molecule has 0 aliphatic carbocycles. The average molecular weight is 319 g/mol. The molecule has 0 radical (unpaired) electrons. The number of ether oxygens (including phenoxy) is 1. The molecular formula is C16H15ClN2O3. The highest BCUT2D eigenvalue weighted by Crippen LogP contribution is 2.21. The molecule has 5 nitrogen and oxygen atoms in total. The van der Waals surface area contributed by atoms with Crippen LogP contribution < -0.4 is 15.8 Å². The Kier molecular flexibility index (Phi) is 5.38. The zero-order chi connectivity index (χ0) is 15.9. The van der Waals surface area contributed by atoms with Crippen molar-refractivity contribution in [2.45, 2.75) is 6.61 Å². The lowest BCUT2D eigenvalue weighted by Gasteiger charge is -2.12.